The van der Waals surface area contributed by atoms with Crippen LogP contribution in [0.4, 0.5) is 0 Å². The summed E-state index contributed by atoms with van der Waals surface area (Å²) in [5.41, 5.74) is 0. The number of ether oxygens (including phenoxy) is 1. The zero-order valence-corrected chi connectivity index (χ0v) is 7.21. The molecule has 1 N–H and O–H groups in total. The van der Waals surface area contributed by atoms with Crippen LogP contribution in [0.15, 0.2) is 0 Å². The fourth-order valence-corrected chi connectivity index (χ4v) is 0.645. The predicted octanol–water partition coefficient (Wildman–Crippen LogP) is 1.19. The van der Waals surface area contributed by atoms with Gasteiger partial charge in [0.1, 0.15) is 6.61 Å². The van der Waals surface area contributed by atoms with Crippen molar-refractivity contribution in [1.29, 1.82) is 0 Å². The summed E-state index contributed by atoms with van der Waals surface area (Å²) in [6.45, 7) is 1.96. The number of unbranched alkanes of at least 4 members (excludes halogenated alkanes) is 1. The molecule has 0 bridgehead atoms. The molecular formula is C8H14O4. The molecule has 12 heavy (non-hydrogen) atoms. The Bertz CT molecular complexity index is 153. The number of rotatable bonds is 6. The average molecular weight is 174 g/mol. The second-order valence-electron chi connectivity index (χ2n) is 2.47. The molecule has 0 aliphatic carbocycles. The molecule has 4 nitrogen and oxygen atoms in total. The minimum absolute atomic E-state index is 0.0160. The number of carboxylic acid groups (broad SMARTS) is 1. The predicted molar refractivity (Wildman–Crippen MR) is 42.7 cm³/mol. The molecule has 0 amide bonds. The maximum absolute atomic E-state index is 10.8. The fourth-order valence-electron chi connectivity index (χ4n) is 0.645. The van der Waals surface area contributed by atoms with E-state index in [1.807, 2.05) is 6.92 Å². The number of carboxylic acids is 1. The zero-order valence-electron chi connectivity index (χ0n) is 7.21. The van der Waals surface area contributed by atoms with E-state index >= 15 is 0 Å². The van der Waals surface area contributed by atoms with E-state index in [4.69, 9.17) is 5.11 Å². The summed E-state index contributed by atoms with van der Waals surface area (Å²) in [5.74, 6) is -1.25. The Morgan fingerprint density at radius 3 is 2.50 bits per heavy atom. The van der Waals surface area contributed by atoms with Gasteiger partial charge in [0.05, 0.1) is 6.42 Å². The highest BCUT2D eigenvalue weighted by atomic mass is 16.5. The number of carbonyl (C=O) groups excluding carboxylic acids is 1. The van der Waals surface area contributed by atoms with E-state index in [2.05, 4.69) is 4.74 Å². The molecule has 0 aromatic carbocycles. The zero-order chi connectivity index (χ0) is 9.40. The van der Waals surface area contributed by atoms with Gasteiger partial charge in [-0.05, 0) is 6.42 Å². The normalized spacial score (nSPS) is 9.42. The van der Waals surface area contributed by atoms with Crippen LogP contribution in [0.5, 0.6) is 0 Å². The lowest BCUT2D eigenvalue weighted by molar-refractivity contribution is -0.146. The van der Waals surface area contributed by atoms with Crippen LogP contribution >= 0.6 is 0 Å². The molecule has 4 heteroatoms. The molecule has 0 aromatic heterocycles. The number of carbonyl (C=O) groups is 2. The fraction of sp³-hybridized carbons (Fsp3) is 0.750. The van der Waals surface area contributed by atoms with Crippen molar-refractivity contribution in [2.75, 3.05) is 6.61 Å². The number of aliphatic carboxylic acids is 1. The highest BCUT2D eigenvalue weighted by Gasteiger charge is 2.02. The standard InChI is InChI=1S/C8H14O4/c1-2-3-4-8(11)12-6-5-7(9)10/h2-6H2,1H3,(H,9,10). The van der Waals surface area contributed by atoms with E-state index in [1.165, 1.54) is 0 Å². The average Bonchev–Trinajstić information content (AvgIpc) is 2.00. The third-order valence-electron chi connectivity index (χ3n) is 1.31. The van der Waals surface area contributed by atoms with Crippen LogP contribution in [0.2, 0.25) is 0 Å². The maximum Gasteiger partial charge on any atom is 0.306 e. The first-order valence-corrected chi connectivity index (χ1v) is 4.04. The van der Waals surface area contributed by atoms with Gasteiger partial charge < -0.3 is 9.84 Å². The molecule has 0 aliphatic rings. The van der Waals surface area contributed by atoms with Gasteiger partial charge in [-0.1, -0.05) is 13.3 Å². The second kappa shape index (κ2) is 6.64. The molecule has 0 aliphatic heterocycles. The molecule has 0 unspecified atom stereocenters. The van der Waals surface area contributed by atoms with E-state index in [0.29, 0.717) is 6.42 Å². The van der Waals surface area contributed by atoms with E-state index in [-0.39, 0.29) is 19.0 Å². The summed E-state index contributed by atoms with van der Waals surface area (Å²) in [5, 5.41) is 8.21. The largest absolute Gasteiger partial charge is 0.481 e. The smallest absolute Gasteiger partial charge is 0.306 e. The van der Waals surface area contributed by atoms with Crippen LogP contribution in [-0.4, -0.2) is 23.7 Å². The first-order valence-electron chi connectivity index (χ1n) is 4.04. The van der Waals surface area contributed by atoms with Gasteiger partial charge >= 0.3 is 11.9 Å². The molecule has 0 saturated heterocycles. The van der Waals surface area contributed by atoms with Crippen LogP contribution < -0.4 is 0 Å². The highest BCUT2D eigenvalue weighted by molar-refractivity contribution is 5.70. The van der Waals surface area contributed by atoms with Crippen LogP contribution in [0.3, 0.4) is 0 Å². The summed E-state index contributed by atoms with van der Waals surface area (Å²) in [6.07, 6.45) is 2.01. The third-order valence-corrected chi connectivity index (χ3v) is 1.31. The van der Waals surface area contributed by atoms with E-state index in [1.54, 1.807) is 0 Å². The van der Waals surface area contributed by atoms with Crippen molar-refractivity contribution < 1.29 is 19.4 Å². The van der Waals surface area contributed by atoms with Gasteiger partial charge in [0.25, 0.3) is 0 Å². The molecule has 0 saturated carbocycles. The van der Waals surface area contributed by atoms with Crippen molar-refractivity contribution >= 4 is 11.9 Å². The number of hydrogen-bond acceptors (Lipinski definition) is 3. The maximum atomic E-state index is 10.8. The Labute approximate surface area is 71.5 Å². The molecule has 0 aromatic rings. The van der Waals surface area contributed by atoms with Crippen LogP contribution in [0.25, 0.3) is 0 Å². The van der Waals surface area contributed by atoms with Gasteiger partial charge in [-0.25, -0.2) is 0 Å². The molecule has 0 rings (SSSR count). The van der Waals surface area contributed by atoms with Gasteiger partial charge in [0.2, 0.25) is 0 Å². The lowest BCUT2D eigenvalue weighted by Gasteiger charge is -2.00. The lowest BCUT2D eigenvalue weighted by atomic mass is 10.2. The molecule has 70 valence electrons. The van der Waals surface area contributed by atoms with Crippen molar-refractivity contribution in [2.45, 2.75) is 32.6 Å². The quantitative estimate of drug-likeness (QED) is 0.614. The van der Waals surface area contributed by atoms with Gasteiger partial charge in [-0.2, -0.15) is 0 Å². The van der Waals surface area contributed by atoms with E-state index in [9.17, 15) is 9.59 Å². The van der Waals surface area contributed by atoms with Gasteiger partial charge in [-0.3, -0.25) is 9.59 Å². The summed E-state index contributed by atoms with van der Waals surface area (Å²) < 4.78 is 4.64. The topological polar surface area (TPSA) is 63.6 Å². The first-order chi connectivity index (χ1) is 5.66. The number of esters is 1. The van der Waals surface area contributed by atoms with E-state index < -0.39 is 5.97 Å². The highest BCUT2D eigenvalue weighted by Crippen LogP contribution is 1.96. The molecular weight excluding hydrogens is 160 g/mol. The molecule has 0 fully saturated rings. The minimum Gasteiger partial charge on any atom is -0.481 e. The molecule has 0 radical (unpaired) electrons. The Hall–Kier alpha value is -1.06. The van der Waals surface area contributed by atoms with E-state index in [0.717, 1.165) is 12.8 Å². The van der Waals surface area contributed by atoms with Crippen LogP contribution in [-0.2, 0) is 14.3 Å². The second-order valence-corrected chi connectivity index (χ2v) is 2.47. The van der Waals surface area contributed by atoms with Crippen molar-refractivity contribution in [3.8, 4) is 0 Å². The first kappa shape index (κ1) is 10.9. The van der Waals surface area contributed by atoms with Crippen LogP contribution in [0.1, 0.15) is 32.6 Å². The van der Waals surface area contributed by atoms with Gasteiger partial charge in [0, 0.05) is 6.42 Å². The third kappa shape index (κ3) is 7.05. The van der Waals surface area contributed by atoms with Gasteiger partial charge in [0.15, 0.2) is 0 Å². The molecule has 0 heterocycles. The van der Waals surface area contributed by atoms with Crippen molar-refractivity contribution in [1.82, 2.24) is 0 Å². The summed E-state index contributed by atoms with van der Waals surface area (Å²) in [7, 11) is 0. The molecule has 0 atom stereocenters. The Morgan fingerprint density at radius 2 is 2.00 bits per heavy atom. The molecule has 0 spiro atoms. The summed E-state index contributed by atoms with van der Waals surface area (Å²) in [6, 6.07) is 0. The number of hydrogen-bond donors (Lipinski definition) is 1. The van der Waals surface area contributed by atoms with Gasteiger partial charge in [-0.15, -0.1) is 0 Å². The van der Waals surface area contributed by atoms with Crippen molar-refractivity contribution in [2.24, 2.45) is 0 Å². The summed E-state index contributed by atoms with van der Waals surface area (Å²) >= 11 is 0. The minimum atomic E-state index is -0.946. The Kier molecular flexibility index (Phi) is 6.05. The Morgan fingerprint density at radius 1 is 1.33 bits per heavy atom. The van der Waals surface area contributed by atoms with Crippen molar-refractivity contribution in [3.63, 3.8) is 0 Å². The Balaban J connectivity index is 3.25. The monoisotopic (exact) mass is 174 g/mol. The SMILES string of the molecule is CCCCC(=O)OCCC(=O)O. The lowest BCUT2D eigenvalue weighted by Crippen LogP contribution is -2.08. The summed E-state index contributed by atoms with van der Waals surface area (Å²) in [4.78, 5) is 20.8. The van der Waals surface area contributed by atoms with Crippen LogP contribution in [0, 0.1) is 0 Å². The van der Waals surface area contributed by atoms with Crippen molar-refractivity contribution in [3.05, 3.63) is 0 Å².